The fourth-order valence-corrected chi connectivity index (χ4v) is 2.13. The number of halogens is 3. The van der Waals surface area contributed by atoms with Crippen LogP contribution in [-0.2, 0) is 4.79 Å². The Bertz CT molecular complexity index is 308. The molecule has 0 spiro atoms. The maximum absolute atomic E-state index is 12.5. The second-order valence-electron chi connectivity index (χ2n) is 5.64. The number of hydrogen-bond donors (Lipinski definition) is 2. The normalized spacial score (nSPS) is 15.7. The average molecular weight is 297 g/mol. The molecule has 3 N–H and O–H groups in total. The summed E-state index contributed by atoms with van der Waals surface area (Å²) >= 11 is 0. The maximum atomic E-state index is 12.5. The number of nitrogens with zero attached hydrogens (tertiary/aromatic N) is 1. The first kappa shape index (κ1) is 19.2. The Morgan fingerprint density at radius 3 is 2.20 bits per heavy atom. The van der Waals surface area contributed by atoms with Gasteiger partial charge in [-0.05, 0) is 40.2 Å². The van der Waals surface area contributed by atoms with Gasteiger partial charge in [-0.2, -0.15) is 13.2 Å². The number of primary amides is 1. The lowest BCUT2D eigenvalue weighted by Crippen LogP contribution is -2.57. The van der Waals surface area contributed by atoms with Crippen LogP contribution in [0.25, 0.3) is 0 Å². The van der Waals surface area contributed by atoms with E-state index in [0.29, 0.717) is 13.0 Å². The first-order chi connectivity index (χ1) is 9.00. The van der Waals surface area contributed by atoms with E-state index >= 15 is 0 Å². The molecule has 20 heavy (non-hydrogen) atoms. The number of nitrogens with one attached hydrogen (secondary N) is 1. The van der Waals surface area contributed by atoms with Gasteiger partial charge in [0.1, 0.15) is 0 Å². The van der Waals surface area contributed by atoms with Gasteiger partial charge in [0, 0.05) is 12.6 Å². The summed E-state index contributed by atoms with van der Waals surface area (Å²) in [4.78, 5) is 12.8. The lowest BCUT2D eigenvalue weighted by molar-refractivity contribution is -0.146. The van der Waals surface area contributed by atoms with Crippen LogP contribution in [0.4, 0.5) is 13.2 Å². The number of carbonyl (C=O) groups is 1. The Morgan fingerprint density at radius 1 is 1.30 bits per heavy atom. The lowest BCUT2D eigenvalue weighted by atomic mass is 9.95. The second-order valence-corrected chi connectivity index (χ2v) is 5.64. The zero-order chi connectivity index (χ0) is 16.0. The average Bonchev–Trinajstić information content (AvgIpc) is 2.23. The standard InChI is InChI=1S/C13H26F3N3O/c1-5-7-19(9-13(14,15)16)8-6-12(4,11(17)20)18-10(2)3/h10,18H,5-9H2,1-4H3,(H2,17,20). The van der Waals surface area contributed by atoms with E-state index in [4.69, 9.17) is 5.73 Å². The molecule has 0 aliphatic rings. The third kappa shape index (κ3) is 7.69. The van der Waals surface area contributed by atoms with Gasteiger partial charge in [-0.25, -0.2) is 0 Å². The number of rotatable bonds is 9. The second kappa shape index (κ2) is 7.83. The van der Waals surface area contributed by atoms with Gasteiger partial charge in [0.25, 0.3) is 0 Å². The molecular weight excluding hydrogens is 271 g/mol. The zero-order valence-electron chi connectivity index (χ0n) is 12.7. The highest BCUT2D eigenvalue weighted by Gasteiger charge is 2.34. The van der Waals surface area contributed by atoms with Gasteiger partial charge in [0.05, 0.1) is 12.1 Å². The molecule has 120 valence electrons. The molecule has 4 nitrogen and oxygen atoms in total. The van der Waals surface area contributed by atoms with Gasteiger partial charge >= 0.3 is 6.18 Å². The SMILES string of the molecule is CCCN(CCC(C)(NC(C)C)C(N)=O)CC(F)(F)F. The Hall–Kier alpha value is -0.820. The van der Waals surface area contributed by atoms with Crippen molar-refractivity contribution in [3.63, 3.8) is 0 Å². The van der Waals surface area contributed by atoms with Crippen LogP contribution in [0.5, 0.6) is 0 Å². The molecule has 1 amide bonds. The lowest BCUT2D eigenvalue weighted by Gasteiger charge is -2.32. The highest BCUT2D eigenvalue weighted by atomic mass is 19.4. The van der Waals surface area contributed by atoms with E-state index in [2.05, 4.69) is 5.32 Å². The molecule has 0 radical (unpaired) electrons. The van der Waals surface area contributed by atoms with Gasteiger partial charge < -0.3 is 11.1 Å². The minimum Gasteiger partial charge on any atom is -0.368 e. The molecule has 0 aliphatic heterocycles. The molecule has 1 unspecified atom stereocenters. The Kier molecular flexibility index (Phi) is 7.51. The summed E-state index contributed by atoms with van der Waals surface area (Å²) in [5.41, 5.74) is 4.37. The summed E-state index contributed by atoms with van der Waals surface area (Å²) in [7, 11) is 0. The predicted octanol–water partition coefficient (Wildman–Crippen LogP) is 1.89. The van der Waals surface area contributed by atoms with Crippen molar-refractivity contribution in [3.8, 4) is 0 Å². The van der Waals surface area contributed by atoms with Crippen LogP contribution < -0.4 is 11.1 Å². The summed E-state index contributed by atoms with van der Waals surface area (Å²) in [5.74, 6) is -0.547. The largest absolute Gasteiger partial charge is 0.401 e. The molecule has 7 heteroatoms. The van der Waals surface area contributed by atoms with Gasteiger partial charge in [0.2, 0.25) is 5.91 Å². The van der Waals surface area contributed by atoms with Crippen LogP contribution >= 0.6 is 0 Å². The minimum absolute atomic E-state index is 0.0229. The monoisotopic (exact) mass is 297 g/mol. The topological polar surface area (TPSA) is 58.4 Å². The number of carbonyl (C=O) groups excluding carboxylic acids is 1. The van der Waals surface area contributed by atoms with Crippen LogP contribution in [0.1, 0.15) is 40.5 Å². The third-order valence-corrected chi connectivity index (χ3v) is 3.02. The van der Waals surface area contributed by atoms with Crippen LogP contribution in [0.15, 0.2) is 0 Å². The van der Waals surface area contributed by atoms with Gasteiger partial charge in [-0.3, -0.25) is 9.69 Å². The highest BCUT2D eigenvalue weighted by Crippen LogP contribution is 2.18. The summed E-state index contributed by atoms with van der Waals surface area (Å²) in [6, 6.07) is 0.0229. The fourth-order valence-electron chi connectivity index (χ4n) is 2.13. The molecule has 0 aromatic heterocycles. The van der Waals surface area contributed by atoms with Crippen molar-refractivity contribution in [2.45, 2.75) is 58.3 Å². The fraction of sp³-hybridized carbons (Fsp3) is 0.923. The minimum atomic E-state index is -4.23. The summed E-state index contributed by atoms with van der Waals surface area (Å²) < 4.78 is 37.4. The number of nitrogens with two attached hydrogens (primary N) is 1. The van der Waals surface area contributed by atoms with E-state index in [0.717, 1.165) is 0 Å². The molecule has 0 rings (SSSR count). The predicted molar refractivity (Wildman–Crippen MR) is 73.3 cm³/mol. The van der Waals surface area contributed by atoms with Crippen molar-refractivity contribution in [3.05, 3.63) is 0 Å². The highest BCUT2D eigenvalue weighted by molar-refractivity contribution is 5.84. The number of hydrogen-bond acceptors (Lipinski definition) is 3. The molecule has 1 atom stereocenters. The van der Waals surface area contributed by atoms with Crippen molar-refractivity contribution < 1.29 is 18.0 Å². The first-order valence-electron chi connectivity index (χ1n) is 6.87. The molecule has 0 aromatic carbocycles. The molecule has 0 heterocycles. The van der Waals surface area contributed by atoms with Crippen molar-refractivity contribution >= 4 is 5.91 Å². The number of alkyl halides is 3. The molecule has 0 aliphatic carbocycles. The van der Waals surface area contributed by atoms with E-state index in [9.17, 15) is 18.0 Å². The molecular formula is C13H26F3N3O. The Balaban J connectivity index is 4.66. The molecule has 0 fully saturated rings. The summed E-state index contributed by atoms with van der Waals surface area (Å²) in [5, 5.41) is 3.03. The maximum Gasteiger partial charge on any atom is 0.401 e. The zero-order valence-corrected chi connectivity index (χ0v) is 12.7. The smallest absolute Gasteiger partial charge is 0.368 e. The van der Waals surface area contributed by atoms with E-state index in [1.165, 1.54) is 4.90 Å². The van der Waals surface area contributed by atoms with Gasteiger partial charge in [-0.15, -0.1) is 0 Å². The van der Waals surface area contributed by atoms with E-state index in [-0.39, 0.29) is 19.0 Å². The third-order valence-electron chi connectivity index (χ3n) is 3.02. The van der Waals surface area contributed by atoms with Crippen LogP contribution in [0, 0.1) is 0 Å². The van der Waals surface area contributed by atoms with E-state index < -0.39 is 24.2 Å². The molecule has 0 saturated carbocycles. The molecule has 0 bridgehead atoms. The first-order valence-corrected chi connectivity index (χ1v) is 6.87. The van der Waals surface area contributed by atoms with Crippen LogP contribution in [0.3, 0.4) is 0 Å². The molecule has 0 saturated heterocycles. The van der Waals surface area contributed by atoms with Crippen LogP contribution in [0.2, 0.25) is 0 Å². The van der Waals surface area contributed by atoms with Crippen molar-refractivity contribution in [1.29, 1.82) is 0 Å². The summed E-state index contributed by atoms with van der Waals surface area (Å²) in [6.45, 7) is 6.73. The van der Waals surface area contributed by atoms with E-state index in [1.807, 2.05) is 20.8 Å². The number of amides is 1. The quantitative estimate of drug-likeness (QED) is 0.683. The van der Waals surface area contributed by atoms with E-state index in [1.54, 1.807) is 6.92 Å². The van der Waals surface area contributed by atoms with Crippen molar-refractivity contribution in [2.75, 3.05) is 19.6 Å². The Morgan fingerprint density at radius 2 is 1.85 bits per heavy atom. The van der Waals surface area contributed by atoms with Crippen molar-refractivity contribution in [1.82, 2.24) is 10.2 Å². The van der Waals surface area contributed by atoms with Gasteiger partial charge in [-0.1, -0.05) is 6.92 Å². The Labute approximate surface area is 118 Å². The van der Waals surface area contributed by atoms with Crippen LogP contribution in [-0.4, -0.2) is 48.2 Å². The molecule has 0 aromatic rings. The summed E-state index contributed by atoms with van der Waals surface area (Å²) in [6.07, 6.45) is -3.36. The van der Waals surface area contributed by atoms with Gasteiger partial charge in [0.15, 0.2) is 0 Å². The van der Waals surface area contributed by atoms with Crippen molar-refractivity contribution in [2.24, 2.45) is 5.73 Å².